The molecule has 0 aliphatic heterocycles. The predicted octanol–water partition coefficient (Wildman–Crippen LogP) is 2.86. The summed E-state index contributed by atoms with van der Waals surface area (Å²) in [5, 5.41) is 0. The van der Waals surface area contributed by atoms with Crippen molar-refractivity contribution in [3.05, 3.63) is 54.1 Å². The summed E-state index contributed by atoms with van der Waals surface area (Å²) in [4.78, 5) is 4.50. The Hall–Kier alpha value is -1.65. The van der Waals surface area contributed by atoms with E-state index in [9.17, 15) is 0 Å². The smallest absolute Gasteiger partial charge is 0.110 e. The van der Waals surface area contributed by atoms with Gasteiger partial charge in [-0.15, -0.1) is 0 Å². The lowest BCUT2D eigenvalue weighted by molar-refractivity contribution is 0.414. The number of nitrogens with two attached hydrogens (primary N) is 1. The van der Waals surface area contributed by atoms with Crippen LogP contribution in [0, 0.1) is 0 Å². The summed E-state index contributed by atoms with van der Waals surface area (Å²) < 4.78 is 2.22. The van der Waals surface area contributed by atoms with Crippen LogP contribution in [0.3, 0.4) is 0 Å². The second-order valence-corrected chi connectivity index (χ2v) is 5.44. The maximum atomic E-state index is 5.84. The van der Waals surface area contributed by atoms with E-state index < -0.39 is 0 Å². The summed E-state index contributed by atoms with van der Waals surface area (Å²) in [6, 6.07) is 10.8. The van der Waals surface area contributed by atoms with Crippen molar-refractivity contribution in [2.24, 2.45) is 5.84 Å². The van der Waals surface area contributed by atoms with E-state index in [1.165, 1.54) is 5.56 Å². The molecule has 1 heterocycles. The second kappa shape index (κ2) is 7.96. The SMILES string of the molecule is CCCn1ccnc1CC(NN)C(CC)c1ccccc1. The monoisotopic (exact) mass is 286 g/mol. The lowest BCUT2D eigenvalue weighted by Crippen LogP contribution is -2.41. The van der Waals surface area contributed by atoms with E-state index in [2.05, 4.69) is 65.4 Å². The molecule has 2 rings (SSSR count). The van der Waals surface area contributed by atoms with Gasteiger partial charge < -0.3 is 4.57 Å². The van der Waals surface area contributed by atoms with Crippen molar-refractivity contribution >= 4 is 0 Å². The molecule has 0 saturated carbocycles. The Kier molecular flexibility index (Phi) is 5.96. The minimum Gasteiger partial charge on any atom is -0.335 e. The Morgan fingerprint density at radius 1 is 1.24 bits per heavy atom. The van der Waals surface area contributed by atoms with Crippen LogP contribution in [-0.2, 0) is 13.0 Å². The first kappa shape index (κ1) is 15.7. The number of benzene rings is 1. The number of hydrazine groups is 1. The van der Waals surface area contributed by atoms with Crippen LogP contribution in [0.4, 0.5) is 0 Å². The summed E-state index contributed by atoms with van der Waals surface area (Å²) in [5.74, 6) is 7.34. The van der Waals surface area contributed by atoms with Crippen molar-refractivity contribution in [1.82, 2.24) is 15.0 Å². The number of aromatic nitrogens is 2. The van der Waals surface area contributed by atoms with E-state index in [1.54, 1.807) is 0 Å². The topological polar surface area (TPSA) is 55.9 Å². The summed E-state index contributed by atoms with van der Waals surface area (Å²) in [7, 11) is 0. The van der Waals surface area contributed by atoms with Crippen molar-refractivity contribution in [3.63, 3.8) is 0 Å². The number of imidazole rings is 1. The van der Waals surface area contributed by atoms with Crippen molar-refractivity contribution in [1.29, 1.82) is 0 Å². The van der Waals surface area contributed by atoms with Gasteiger partial charge in [0, 0.05) is 37.3 Å². The third-order valence-corrected chi connectivity index (χ3v) is 4.04. The van der Waals surface area contributed by atoms with Crippen LogP contribution < -0.4 is 11.3 Å². The first-order valence-corrected chi connectivity index (χ1v) is 7.81. The zero-order valence-corrected chi connectivity index (χ0v) is 13.0. The van der Waals surface area contributed by atoms with Crippen molar-refractivity contribution in [2.75, 3.05) is 0 Å². The second-order valence-electron chi connectivity index (χ2n) is 5.44. The van der Waals surface area contributed by atoms with Gasteiger partial charge in [0.05, 0.1) is 0 Å². The molecule has 0 aliphatic carbocycles. The van der Waals surface area contributed by atoms with E-state index >= 15 is 0 Å². The number of rotatable bonds is 8. The highest BCUT2D eigenvalue weighted by molar-refractivity contribution is 5.21. The van der Waals surface area contributed by atoms with Crippen LogP contribution in [0.15, 0.2) is 42.7 Å². The molecule has 21 heavy (non-hydrogen) atoms. The average molecular weight is 286 g/mol. The normalized spacial score (nSPS) is 14.0. The van der Waals surface area contributed by atoms with Gasteiger partial charge in [-0.1, -0.05) is 44.2 Å². The molecule has 114 valence electrons. The van der Waals surface area contributed by atoms with Gasteiger partial charge >= 0.3 is 0 Å². The summed E-state index contributed by atoms with van der Waals surface area (Å²) in [5.41, 5.74) is 4.34. The minimum atomic E-state index is 0.190. The average Bonchev–Trinajstić information content (AvgIpc) is 2.95. The van der Waals surface area contributed by atoms with Crippen molar-refractivity contribution < 1.29 is 0 Å². The Morgan fingerprint density at radius 2 is 2.00 bits per heavy atom. The highest BCUT2D eigenvalue weighted by Gasteiger charge is 2.22. The summed E-state index contributed by atoms with van der Waals surface area (Å²) in [6.45, 7) is 5.40. The molecule has 1 aromatic carbocycles. The number of nitrogens with zero attached hydrogens (tertiary/aromatic N) is 2. The molecular formula is C17H26N4. The minimum absolute atomic E-state index is 0.190. The van der Waals surface area contributed by atoms with Gasteiger partial charge in [0.2, 0.25) is 0 Å². The van der Waals surface area contributed by atoms with Crippen LogP contribution in [0.5, 0.6) is 0 Å². The Balaban J connectivity index is 2.16. The molecule has 2 aromatic rings. The van der Waals surface area contributed by atoms with Gasteiger partial charge in [0.15, 0.2) is 0 Å². The van der Waals surface area contributed by atoms with E-state index in [4.69, 9.17) is 5.84 Å². The number of nitrogens with one attached hydrogen (secondary N) is 1. The fourth-order valence-corrected chi connectivity index (χ4v) is 2.94. The standard InChI is InChI=1S/C17H26N4/c1-3-11-21-12-10-19-17(21)13-16(20-18)15(4-2)14-8-6-5-7-9-14/h5-10,12,15-16,20H,3-4,11,13,18H2,1-2H3. The molecule has 3 N–H and O–H groups in total. The molecule has 0 bridgehead atoms. The lowest BCUT2D eigenvalue weighted by Gasteiger charge is -2.26. The predicted molar refractivity (Wildman–Crippen MR) is 86.8 cm³/mol. The number of aryl methyl sites for hydroxylation is 1. The Bertz CT molecular complexity index is 521. The fourth-order valence-electron chi connectivity index (χ4n) is 2.94. The van der Waals surface area contributed by atoms with E-state index in [0.717, 1.165) is 31.6 Å². The van der Waals surface area contributed by atoms with Crippen molar-refractivity contribution in [3.8, 4) is 0 Å². The van der Waals surface area contributed by atoms with Gasteiger partial charge in [0.1, 0.15) is 5.82 Å². The molecule has 4 nitrogen and oxygen atoms in total. The van der Waals surface area contributed by atoms with Crippen molar-refractivity contribution in [2.45, 2.75) is 51.6 Å². The van der Waals surface area contributed by atoms with Crippen LogP contribution in [0.1, 0.15) is 44.0 Å². The molecular weight excluding hydrogens is 260 g/mol. The van der Waals surface area contributed by atoms with Crippen LogP contribution in [-0.4, -0.2) is 15.6 Å². The Morgan fingerprint density at radius 3 is 2.62 bits per heavy atom. The molecule has 0 radical (unpaired) electrons. The maximum absolute atomic E-state index is 5.84. The van der Waals surface area contributed by atoms with Crippen LogP contribution >= 0.6 is 0 Å². The molecule has 2 unspecified atom stereocenters. The molecule has 2 atom stereocenters. The van der Waals surface area contributed by atoms with Gasteiger partial charge in [-0.05, 0) is 18.4 Å². The number of hydrogen-bond acceptors (Lipinski definition) is 3. The van der Waals surface area contributed by atoms with Gasteiger partial charge in [0.25, 0.3) is 0 Å². The third-order valence-electron chi connectivity index (χ3n) is 4.04. The maximum Gasteiger partial charge on any atom is 0.110 e. The van der Waals surface area contributed by atoms with Crippen LogP contribution in [0.25, 0.3) is 0 Å². The summed E-state index contributed by atoms with van der Waals surface area (Å²) in [6.07, 6.45) is 6.93. The lowest BCUT2D eigenvalue weighted by atomic mass is 9.87. The van der Waals surface area contributed by atoms with Crippen LogP contribution in [0.2, 0.25) is 0 Å². The molecule has 0 spiro atoms. The largest absolute Gasteiger partial charge is 0.335 e. The first-order chi connectivity index (χ1) is 10.3. The molecule has 0 amide bonds. The third kappa shape index (κ3) is 3.93. The summed E-state index contributed by atoms with van der Waals surface area (Å²) >= 11 is 0. The zero-order chi connectivity index (χ0) is 15.1. The zero-order valence-electron chi connectivity index (χ0n) is 13.0. The van der Waals surface area contributed by atoms with E-state index in [-0.39, 0.29) is 6.04 Å². The molecule has 0 aliphatic rings. The molecule has 0 saturated heterocycles. The highest BCUT2D eigenvalue weighted by atomic mass is 15.2. The quantitative estimate of drug-likeness (QED) is 0.579. The molecule has 4 heteroatoms. The van der Waals surface area contributed by atoms with Gasteiger partial charge in [-0.2, -0.15) is 0 Å². The fraction of sp³-hybridized carbons (Fsp3) is 0.471. The van der Waals surface area contributed by atoms with E-state index in [0.29, 0.717) is 5.92 Å². The Labute approximate surface area is 127 Å². The molecule has 0 fully saturated rings. The molecule has 1 aromatic heterocycles. The highest BCUT2D eigenvalue weighted by Crippen LogP contribution is 2.25. The number of hydrogen-bond donors (Lipinski definition) is 2. The first-order valence-electron chi connectivity index (χ1n) is 7.81. The van der Waals surface area contributed by atoms with E-state index in [1.807, 2.05) is 6.20 Å². The van der Waals surface area contributed by atoms with Gasteiger partial charge in [-0.25, -0.2) is 4.98 Å². The van der Waals surface area contributed by atoms with Gasteiger partial charge in [-0.3, -0.25) is 11.3 Å².